The highest BCUT2D eigenvalue weighted by Gasteiger charge is 2.37. The quantitative estimate of drug-likeness (QED) is 0.460. The summed E-state index contributed by atoms with van der Waals surface area (Å²) in [6.07, 6.45) is 4.75. The molecule has 0 bridgehead atoms. The molecule has 3 N–H and O–H groups in total. The third-order valence-corrected chi connectivity index (χ3v) is 2.02. The summed E-state index contributed by atoms with van der Waals surface area (Å²) >= 11 is 0. The van der Waals surface area contributed by atoms with Crippen molar-refractivity contribution in [3.8, 4) is 0 Å². The van der Waals surface area contributed by atoms with Gasteiger partial charge in [0.25, 0.3) is 0 Å². The largest absolute Gasteiger partial charge is 0.380 e. The summed E-state index contributed by atoms with van der Waals surface area (Å²) in [5.41, 5.74) is -1.52. The Kier molecular flexibility index (Phi) is 2.13. The van der Waals surface area contributed by atoms with Gasteiger partial charge in [-0.05, 0) is 6.08 Å². The van der Waals surface area contributed by atoms with E-state index in [4.69, 9.17) is 10.2 Å². The number of aliphatic hydroxyl groups excluding tert-OH is 1. The van der Waals surface area contributed by atoms with Crippen molar-refractivity contribution in [3.63, 3.8) is 0 Å². The second-order valence-electron chi connectivity index (χ2n) is 2.79. The van der Waals surface area contributed by atoms with Crippen LogP contribution in [0.1, 0.15) is 6.92 Å². The molecule has 0 heterocycles. The molecule has 0 spiro atoms. The van der Waals surface area contributed by atoms with Crippen LogP contribution in [0.15, 0.2) is 24.3 Å². The normalized spacial score (nSPS) is 36.6. The molecule has 0 amide bonds. The molecule has 62 valence electrons. The second kappa shape index (κ2) is 2.77. The minimum atomic E-state index is -1.72. The van der Waals surface area contributed by atoms with E-state index in [1.807, 2.05) is 0 Å². The van der Waals surface area contributed by atoms with Crippen molar-refractivity contribution >= 4 is 0 Å². The molecule has 3 nitrogen and oxygen atoms in total. The van der Waals surface area contributed by atoms with Crippen molar-refractivity contribution in [2.75, 3.05) is 0 Å². The zero-order chi connectivity index (χ0) is 8.48. The second-order valence-corrected chi connectivity index (χ2v) is 2.79. The standard InChI is InChI=1S/C8H12O3/c1-6-4-2-3-5-8(6,11)7(9)10/h2-7,9-11H,1H3. The van der Waals surface area contributed by atoms with E-state index in [1.165, 1.54) is 6.08 Å². The number of allylic oxidation sites excluding steroid dienone is 2. The Morgan fingerprint density at radius 3 is 2.36 bits per heavy atom. The molecule has 0 saturated heterocycles. The van der Waals surface area contributed by atoms with Gasteiger partial charge >= 0.3 is 0 Å². The molecule has 0 aromatic carbocycles. The Hall–Kier alpha value is -0.640. The predicted octanol–water partition coefficient (Wildman–Crippen LogP) is -0.210. The lowest BCUT2D eigenvalue weighted by Gasteiger charge is -2.32. The maximum Gasteiger partial charge on any atom is 0.185 e. The summed E-state index contributed by atoms with van der Waals surface area (Å²) in [4.78, 5) is 0. The lowest BCUT2D eigenvalue weighted by Crippen LogP contribution is -2.46. The molecule has 1 aliphatic carbocycles. The Balaban J connectivity index is 2.85. The summed E-state index contributed by atoms with van der Waals surface area (Å²) in [5.74, 6) is -0.271. The molecule has 0 saturated carbocycles. The summed E-state index contributed by atoms with van der Waals surface area (Å²) in [5, 5.41) is 27.2. The highest BCUT2D eigenvalue weighted by atomic mass is 16.5. The Morgan fingerprint density at radius 2 is 2.00 bits per heavy atom. The fraction of sp³-hybridized carbons (Fsp3) is 0.500. The van der Waals surface area contributed by atoms with Gasteiger partial charge in [-0.1, -0.05) is 25.2 Å². The van der Waals surface area contributed by atoms with Gasteiger partial charge in [0.15, 0.2) is 6.29 Å². The lowest BCUT2D eigenvalue weighted by atomic mass is 9.85. The maximum atomic E-state index is 9.58. The monoisotopic (exact) mass is 156 g/mol. The first kappa shape index (κ1) is 8.46. The van der Waals surface area contributed by atoms with Gasteiger partial charge in [-0.3, -0.25) is 0 Å². The van der Waals surface area contributed by atoms with E-state index in [1.54, 1.807) is 25.2 Å². The fourth-order valence-electron chi connectivity index (χ4n) is 1.07. The fourth-order valence-corrected chi connectivity index (χ4v) is 1.07. The van der Waals surface area contributed by atoms with E-state index < -0.39 is 11.9 Å². The number of hydrogen-bond acceptors (Lipinski definition) is 3. The number of hydrogen-bond donors (Lipinski definition) is 3. The number of rotatable bonds is 1. The summed E-state index contributed by atoms with van der Waals surface area (Å²) in [6.45, 7) is 1.72. The van der Waals surface area contributed by atoms with Gasteiger partial charge in [0.2, 0.25) is 0 Å². The van der Waals surface area contributed by atoms with Crippen molar-refractivity contribution in [2.24, 2.45) is 5.92 Å². The summed E-state index contributed by atoms with van der Waals surface area (Å²) in [6, 6.07) is 0. The molecule has 0 radical (unpaired) electrons. The third-order valence-electron chi connectivity index (χ3n) is 2.02. The van der Waals surface area contributed by atoms with Crippen molar-refractivity contribution < 1.29 is 15.3 Å². The van der Waals surface area contributed by atoms with E-state index in [0.717, 1.165) is 0 Å². The van der Waals surface area contributed by atoms with Crippen LogP contribution in [0.5, 0.6) is 0 Å². The topological polar surface area (TPSA) is 60.7 Å². The lowest BCUT2D eigenvalue weighted by molar-refractivity contribution is -0.174. The van der Waals surface area contributed by atoms with Crippen LogP contribution in [0.2, 0.25) is 0 Å². The van der Waals surface area contributed by atoms with Crippen LogP contribution in [-0.4, -0.2) is 27.2 Å². The molecule has 0 aliphatic heterocycles. The van der Waals surface area contributed by atoms with Gasteiger partial charge < -0.3 is 15.3 Å². The van der Waals surface area contributed by atoms with Crippen LogP contribution in [0.3, 0.4) is 0 Å². The molecule has 1 rings (SSSR count). The zero-order valence-electron chi connectivity index (χ0n) is 6.31. The molecule has 11 heavy (non-hydrogen) atoms. The molecule has 3 heteroatoms. The van der Waals surface area contributed by atoms with Crippen LogP contribution >= 0.6 is 0 Å². The van der Waals surface area contributed by atoms with Crippen molar-refractivity contribution in [1.82, 2.24) is 0 Å². The molecule has 2 atom stereocenters. The molecule has 0 aromatic rings. The van der Waals surface area contributed by atoms with Gasteiger partial charge in [-0.25, -0.2) is 0 Å². The molecule has 1 aliphatic rings. The Bertz CT molecular complexity index is 196. The maximum absolute atomic E-state index is 9.58. The van der Waals surface area contributed by atoms with Crippen molar-refractivity contribution in [1.29, 1.82) is 0 Å². The van der Waals surface area contributed by atoms with Gasteiger partial charge in [0, 0.05) is 5.92 Å². The smallest absolute Gasteiger partial charge is 0.185 e. The molecular weight excluding hydrogens is 144 g/mol. The highest BCUT2D eigenvalue weighted by Crippen LogP contribution is 2.26. The van der Waals surface area contributed by atoms with E-state index in [0.29, 0.717) is 0 Å². The van der Waals surface area contributed by atoms with Crippen molar-refractivity contribution in [3.05, 3.63) is 24.3 Å². The van der Waals surface area contributed by atoms with Gasteiger partial charge in [0.1, 0.15) is 5.60 Å². The van der Waals surface area contributed by atoms with E-state index in [2.05, 4.69) is 0 Å². The van der Waals surface area contributed by atoms with Crippen LogP contribution in [0.4, 0.5) is 0 Å². The van der Waals surface area contributed by atoms with Crippen LogP contribution < -0.4 is 0 Å². The van der Waals surface area contributed by atoms with Gasteiger partial charge in [-0.2, -0.15) is 0 Å². The van der Waals surface area contributed by atoms with Crippen LogP contribution in [0, 0.1) is 5.92 Å². The van der Waals surface area contributed by atoms with Crippen LogP contribution in [-0.2, 0) is 0 Å². The van der Waals surface area contributed by atoms with Crippen molar-refractivity contribution in [2.45, 2.75) is 18.8 Å². The summed E-state index contributed by atoms with van der Waals surface area (Å²) in [7, 11) is 0. The first-order valence-electron chi connectivity index (χ1n) is 3.52. The highest BCUT2D eigenvalue weighted by molar-refractivity contribution is 5.21. The summed E-state index contributed by atoms with van der Waals surface area (Å²) < 4.78 is 0. The first-order valence-corrected chi connectivity index (χ1v) is 3.52. The average molecular weight is 156 g/mol. The Labute approximate surface area is 65.3 Å². The molecule has 2 unspecified atom stereocenters. The first-order chi connectivity index (χ1) is 5.07. The SMILES string of the molecule is CC1C=CC=CC1(O)C(O)O. The van der Waals surface area contributed by atoms with E-state index in [-0.39, 0.29) is 5.92 Å². The Morgan fingerprint density at radius 1 is 1.36 bits per heavy atom. The van der Waals surface area contributed by atoms with E-state index in [9.17, 15) is 5.11 Å². The minimum Gasteiger partial charge on any atom is -0.380 e. The zero-order valence-corrected chi connectivity index (χ0v) is 6.31. The molecule has 0 aromatic heterocycles. The molecule has 0 fully saturated rings. The third kappa shape index (κ3) is 1.35. The van der Waals surface area contributed by atoms with Gasteiger partial charge in [0.05, 0.1) is 0 Å². The minimum absolute atomic E-state index is 0.271. The van der Waals surface area contributed by atoms with Crippen LogP contribution in [0.25, 0.3) is 0 Å². The molecular formula is C8H12O3. The van der Waals surface area contributed by atoms with Gasteiger partial charge in [-0.15, -0.1) is 0 Å². The van der Waals surface area contributed by atoms with E-state index >= 15 is 0 Å². The number of aliphatic hydroxyl groups is 3. The predicted molar refractivity (Wildman–Crippen MR) is 40.6 cm³/mol. The average Bonchev–Trinajstić information content (AvgIpc) is 1.95.